The van der Waals surface area contributed by atoms with Crippen LogP contribution in [0.3, 0.4) is 0 Å². The van der Waals surface area contributed by atoms with E-state index >= 15 is 0 Å². The van der Waals surface area contributed by atoms with Gasteiger partial charge in [0.05, 0.1) is 25.3 Å². The van der Waals surface area contributed by atoms with Gasteiger partial charge in [-0.25, -0.2) is 4.79 Å². The molecule has 118 valence electrons. The quantitative estimate of drug-likeness (QED) is 0.632. The number of carbonyl (C=O) groups excluding carboxylic acids is 3. The summed E-state index contributed by atoms with van der Waals surface area (Å²) in [6.45, 7) is -0.00313. The van der Waals surface area contributed by atoms with Crippen LogP contribution >= 0.6 is 0 Å². The molecule has 0 atom stereocenters. The van der Waals surface area contributed by atoms with E-state index in [0.717, 1.165) is 32.1 Å². The van der Waals surface area contributed by atoms with Gasteiger partial charge in [-0.05, 0) is 18.9 Å². The molecule has 0 bridgehead atoms. The van der Waals surface area contributed by atoms with Crippen LogP contribution in [0.2, 0.25) is 0 Å². The van der Waals surface area contributed by atoms with Crippen molar-refractivity contribution in [1.29, 1.82) is 0 Å². The Morgan fingerprint density at radius 1 is 1.32 bits per heavy atom. The van der Waals surface area contributed by atoms with Crippen LogP contribution < -0.4 is 0 Å². The number of hydrogen-bond donors (Lipinski definition) is 0. The van der Waals surface area contributed by atoms with Crippen molar-refractivity contribution in [3.8, 4) is 0 Å². The summed E-state index contributed by atoms with van der Waals surface area (Å²) >= 11 is 0. The average molecular weight is 305 g/mol. The summed E-state index contributed by atoms with van der Waals surface area (Å²) in [5.74, 6) is -0.542. The van der Waals surface area contributed by atoms with Crippen molar-refractivity contribution >= 4 is 17.8 Å². The second-order valence-corrected chi connectivity index (χ2v) is 6.05. The minimum absolute atomic E-state index is 0.00313. The predicted octanol–water partition coefficient (Wildman–Crippen LogP) is 2.28. The highest BCUT2D eigenvalue weighted by atomic mass is 16.5. The fraction of sp³-hybridized carbons (Fsp3) is 0.562. The summed E-state index contributed by atoms with van der Waals surface area (Å²) in [6.07, 6.45) is 6.28. The van der Waals surface area contributed by atoms with Crippen LogP contribution in [0, 0.1) is 5.41 Å². The van der Waals surface area contributed by atoms with E-state index in [-0.39, 0.29) is 30.3 Å². The van der Waals surface area contributed by atoms with Crippen molar-refractivity contribution < 1.29 is 23.5 Å². The summed E-state index contributed by atoms with van der Waals surface area (Å²) in [4.78, 5) is 37.9. The lowest BCUT2D eigenvalue weighted by atomic mass is 9.73. The third kappa shape index (κ3) is 2.32. The first-order valence-electron chi connectivity index (χ1n) is 7.57. The number of rotatable bonds is 3. The molecule has 2 aliphatic rings. The zero-order chi connectivity index (χ0) is 15.7. The predicted molar refractivity (Wildman–Crippen MR) is 75.7 cm³/mol. The molecule has 0 N–H and O–H groups in total. The minimum atomic E-state index is -0.532. The molecule has 6 heteroatoms. The number of hydrogen-bond acceptors (Lipinski definition) is 5. The van der Waals surface area contributed by atoms with Crippen LogP contribution in [0.25, 0.3) is 0 Å². The highest BCUT2D eigenvalue weighted by Gasteiger charge is 2.51. The standard InChI is InChI=1S/C16H19NO5/c1-21-14(19)11-5-8-22-12(11)10-17-13(18)9-16(15(17)20)6-3-2-4-7-16/h5,8H,2-4,6-7,9-10H2,1H3. The van der Waals surface area contributed by atoms with E-state index in [2.05, 4.69) is 4.74 Å². The van der Waals surface area contributed by atoms with E-state index in [1.807, 2.05) is 0 Å². The van der Waals surface area contributed by atoms with Gasteiger partial charge < -0.3 is 9.15 Å². The minimum Gasteiger partial charge on any atom is -0.467 e. The summed E-state index contributed by atoms with van der Waals surface area (Å²) in [5.41, 5.74) is -0.263. The van der Waals surface area contributed by atoms with Crippen molar-refractivity contribution in [1.82, 2.24) is 4.90 Å². The fourth-order valence-corrected chi connectivity index (χ4v) is 3.54. The highest BCUT2D eigenvalue weighted by Crippen LogP contribution is 2.45. The van der Waals surface area contributed by atoms with Crippen molar-refractivity contribution in [3.63, 3.8) is 0 Å². The molecule has 2 amide bonds. The molecular weight excluding hydrogens is 286 g/mol. The first kappa shape index (κ1) is 14.8. The number of ether oxygens (including phenoxy) is 1. The second kappa shape index (κ2) is 5.59. The van der Waals surface area contributed by atoms with Crippen molar-refractivity contribution in [2.24, 2.45) is 5.41 Å². The van der Waals surface area contributed by atoms with Crippen LogP contribution in [-0.2, 0) is 20.9 Å². The van der Waals surface area contributed by atoms with Crippen molar-refractivity contribution in [3.05, 3.63) is 23.7 Å². The molecule has 2 fully saturated rings. The second-order valence-electron chi connectivity index (χ2n) is 6.05. The van der Waals surface area contributed by atoms with Crippen LogP contribution in [0.5, 0.6) is 0 Å². The van der Waals surface area contributed by atoms with Gasteiger partial charge in [0.2, 0.25) is 11.8 Å². The fourth-order valence-electron chi connectivity index (χ4n) is 3.54. The Hall–Kier alpha value is -2.11. The highest BCUT2D eigenvalue weighted by molar-refractivity contribution is 6.06. The Bertz CT molecular complexity index is 612. The number of furan rings is 1. The summed E-state index contributed by atoms with van der Waals surface area (Å²) < 4.78 is 9.95. The summed E-state index contributed by atoms with van der Waals surface area (Å²) in [6, 6.07) is 1.49. The third-order valence-corrected chi connectivity index (χ3v) is 4.75. The van der Waals surface area contributed by atoms with Crippen molar-refractivity contribution in [2.45, 2.75) is 45.1 Å². The van der Waals surface area contributed by atoms with Gasteiger partial charge >= 0.3 is 5.97 Å². The number of nitrogens with zero attached hydrogens (tertiary/aromatic N) is 1. The Kier molecular flexibility index (Phi) is 3.76. The van der Waals surface area contributed by atoms with Crippen molar-refractivity contribution in [2.75, 3.05) is 7.11 Å². The monoisotopic (exact) mass is 305 g/mol. The molecule has 1 aliphatic carbocycles. The smallest absolute Gasteiger partial charge is 0.341 e. The molecule has 0 radical (unpaired) electrons. The van der Waals surface area contributed by atoms with E-state index < -0.39 is 11.4 Å². The molecule has 1 aromatic rings. The third-order valence-electron chi connectivity index (χ3n) is 4.75. The molecule has 1 aliphatic heterocycles. The maximum absolute atomic E-state index is 12.7. The Labute approximate surface area is 128 Å². The van der Waals surface area contributed by atoms with Gasteiger partial charge in [-0.3, -0.25) is 14.5 Å². The van der Waals surface area contributed by atoms with Gasteiger partial charge in [0.1, 0.15) is 11.3 Å². The van der Waals surface area contributed by atoms with E-state index in [9.17, 15) is 14.4 Å². The van der Waals surface area contributed by atoms with E-state index in [1.165, 1.54) is 24.3 Å². The molecular formula is C16H19NO5. The molecule has 0 unspecified atom stereocenters. The summed E-state index contributed by atoms with van der Waals surface area (Å²) in [7, 11) is 1.28. The zero-order valence-corrected chi connectivity index (χ0v) is 12.6. The van der Waals surface area contributed by atoms with Gasteiger partial charge in [0, 0.05) is 6.42 Å². The van der Waals surface area contributed by atoms with Crippen LogP contribution in [0.4, 0.5) is 0 Å². The van der Waals surface area contributed by atoms with Gasteiger partial charge in [0.25, 0.3) is 0 Å². The average Bonchev–Trinajstić information content (AvgIpc) is 3.07. The number of likely N-dealkylation sites (tertiary alicyclic amines) is 1. The molecule has 1 spiro atoms. The molecule has 0 aromatic carbocycles. The Balaban J connectivity index is 1.81. The van der Waals surface area contributed by atoms with Gasteiger partial charge in [-0.1, -0.05) is 19.3 Å². The molecule has 22 heavy (non-hydrogen) atoms. The lowest BCUT2D eigenvalue weighted by molar-refractivity contribution is -0.143. The first-order chi connectivity index (χ1) is 10.6. The maximum Gasteiger partial charge on any atom is 0.341 e. The van der Waals surface area contributed by atoms with E-state index in [1.54, 1.807) is 0 Å². The lowest BCUT2D eigenvalue weighted by Gasteiger charge is -2.30. The first-order valence-corrected chi connectivity index (χ1v) is 7.57. The zero-order valence-electron chi connectivity index (χ0n) is 12.6. The largest absolute Gasteiger partial charge is 0.467 e. The maximum atomic E-state index is 12.7. The normalized spacial score (nSPS) is 20.7. The van der Waals surface area contributed by atoms with Gasteiger partial charge in [-0.15, -0.1) is 0 Å². The lowest BCUT2D eigenvalue weighted by Crippen LogP contribution is -2.36. The molecule has 6 nitrogen and oxygen atoms in total. The molecule has 3 rings (SSSR count). The van der Waals surface area contributed by atoms with Gasteiger partial charge in [0.15, 0.2) is 0 Å². The SMILES string of the molecule is COC(=O)c1ccoc1CN1C(=O)CC2(CCCCC2)C1=O. The molecule has 1 saturated heterocycles. The number of esters is 1. The Morgan fingerprint density at radius 3 is 2.73 bits per heavy atom. The van der Waals surface area contributed by atoms with Gasteiger partial charge in [-0.2, -0.15) is 0 Å². The van der Waals surface area contributed by atoms with Crippen LogP contribution in [0.1, 0.15) is 54.6 Å². The molecule has 2 heterocycles. The van der Waals surface area contributed by atoms with Crippen LogP contribution in [0.15, 0.2) is 16.7 Å². The molecule has 1 aromatic heterocycles. The summed E-state index contributed by atoms with van der Waals surface area (Å²) in [5, 5.41) is 0. The van der Waals surface area contributed by atoms with E-state index in [0.29, 0.717) is 5.76 Å². The number of carbonyl (C=O) groups is 3. The molecule has 1 saturated carbocycles. The topological polar surface area (TPSA) is 76.8 Å². The van der Waals surface area contributed by atoms with E-state index in [4.69, 9.17) is 4.42 Å². The number of amides is 2. The Morgan fingerprint density at radius 2 is 2.05 bits per heavy atom. The van der Waals surface area contributed by atoms with Crippen LogP contribution in [-0.4, -0.2) is 29.8 Å². The number of imide groups is 1. The number of methoxy groups -OCH3 is 1.